The maximum absolute atomic E-state index is 18.3. The van der Waals surface area contributed by atoms with Crippen LogP contribution in [0.25, 0.3) is 243 Å². The van der Waals surface area contributed by atoms with E-state index in [9.17, 15) is 0 Å². The monoisotopic (exact) mass is 1220 g/mol. The number of anilines is 1. The molecule has 0 unspecified atom stereocenters. The van der Waals surface area contributed by atoms with E-state index in [0.29, 0.717) is 49.5 Å². The predicted molar refractivity (Wildman–Crippen MR) is 355 cm³/mol. The van der Waals surface area contributed by atoms with Crippen molar-refractivity contribution in [3.8, 4) is 0 Å². The lowest BCUT2D eigenvalue weighted by atomic mass is 9.67. The van der Waals surface area contributed by atoms with Crippen LogP contribution in [0.15, 0.2) is 44.9 Å². The molecule has 11 nitrogen and oxygen atoms in total. The minimum atomic E-state index is -2.13. The van der Waals surface area contributed by atoms with Gasteiger partial charge in [0.05, 0.1) is 16.8 Å². The smallest absolute Gasteiger partial charge is 0.258 e. The molecule has 1 heterocycles. The van der Waals surface area contributed by atoms with Gasteiger partial charge in [0.15, 0.2) is 22.5 Å². The number of amides is 1. The van der Waals surface area contributed by atoms with E-state index in [1.165, 1.54) is 118 Å². The first-order chi connectivity index (χ1) is 43.3. The summed E-state index contributed by atoms with van der Waals surface area (Å²) in [5, 5.41) is 52.4. The lowest BCUT2D eigenvalue weighted by Crippen LogP contribution is -2.51. The number of carbonyl (C=O) groups excluding carboxylic acids is 2. The van der Waals surface area contributed by atoms with Crippen LogP contribution in [0.5, 0.6) is 0 Å². The number of ketones is 1. The first-order valence-electron chi connectivity index (χ1n) is 31.5. The van der Waals surface area contributed by atoms with Gasteiger partial charge in [-0.15, -0.1) is 0 Å². The van der Waals surface area contributed by atoms with Crippen molar-refractivity contribution < 1.29 is 43.7 Å². The second kappa shape index (κ2) is 10.7. The van der Waals surface area contributed by atoms with Gasteiger partial charge in [-0.2, -0.15) is 0 Å². The molecule has 0 saturated carbocycles. The number of ether oxygens (including phenoxy) is 1. The molecule has 24 aromatic rings. The molecular weight excluding hydrogens is 1190 g/mol. The zero-order valence-corrected chi connectivity index (χ0v) is 50.4. The molecule has 30 rings (SSSR count). The van der Waals surface area contributed by atoms with E-state index in [2.05, 4.69) is 21.2 Å². The zero-order valence-electron chi connectivity index (χ0n) is 48.8. The van der Waals surface area contributed by atoms with Gasteiger partial charge in [-0.25, -0.2) is 29.3 Å². The summed E-state index contributed by atoms with van der Waals surface area (Å²) in [5.41, 5.74) is -5.00. The molecule has 0 fully saturated rings. The number of benzene rings is 16. The third kappa shape index (κ3) is 3.07. The van der Waals surface area contributed by atoms with E-state index in [0.717, 1.165) is 118 Å². The van der Waals surface area contributed by atoms with Crippen molar-refractivity contribution in [3.05, 3.63) is 88.9 Å². The Balaban J connectivity index is 1.05. The van der Waals surface area contributed by atoms with Gasteiger partial charge in [0.1, 0.15) is 5.57 Å². The number of fused-ring (bicyclic) bond motifs is 4. The van der Waals surface area contributed by atoms with Crippen LogP contribution in [0.2, 0.25) is 0 Å². The lowest BCUT2D eigenvalue weighted by Gasteiger charge is -2.46. The van der Waals surface area contributed by atoms with Crippen molar-refractivity contribution in [2.75, 3.05) is 5.32 Å². The summed E-state index contributed by atoms with van der Waals surface area (Å²) >= 11 is 3.66. The molecule has 3 atom stereocenters. The maximum Gasteiger partial charge on any atom is 0.258 e. The van der Waals surface area contributed by atoms with Gasteiger partial charge in [-0.3, -0.25) is 14.4 Å². The van der Waals surface area contributed by atoms with Gasteiger partial charge in [-0.05, 0) is 270 Å². The molecule has 24 aromatic carbocycles. The zero-order chi connectivity index (χ0) is 58.5. The summed E-state index contributed by atoms with van der Waals surface area (Å²) in [6.07, 6.45) is 0. The molecule has 5 aliphatic carbocycles. The Bertz CT molecular complexity index is 7930. The summed E-state index contributed by atoms with van der Waals surface area (Å²) in [7, 11) is 0. The Morgan fingerprint density at radius 3 is 1.02 bits per heavy atom. The number of hydrogen-bond acceptors (Lipinski definition) is 10. The standard InChI is InChI=1S/C78H32BrNO10/c1-73(2,3)85-88-76-63-53-43-33-24-19-17-16-18-20(19)29-34(33)44-45-35(29)32-22(18)26-25-21(16)30-31-23(17)27-28(24)39(43)48-49-38(27)42(31)51-50-40(30)36(25)46-47-37(26)41(32)52-55(45)66(65(76)54(44)53)78(90-87-75(7,8)9)62(52)57(47)58-56(46)61(50)77(89-86-74(4,5)6,64(51)60(49)68(81)59(48)63)70(82)69(58)84-71(78)67(76)72(83)80-15-12-10-14(79)11-13-15/h10-13H,1-9H3,(H,80,83)/t76-,77-,78+/m1/s1. The minimum absolute atomic E-state index is 0.00205. The summed E-state index contributed by atoms with van der Waals surface area (Å²) < 4.78 is 9.12. The Labute approximate surface area is 506 Å². The molecule has 0 aromatic heterocycles. The Kier molecular flexibility index (Phi) is 5.11. The first-order valence-corrected chi connectivity index (χ1v) is 32.3. The number of hydrogen-bond donors (Lipinski definition) is 1. The molecule has 12 heteroatoms. The molecule has 0 spiro atoms. The molecule has 0 bridgehead atoms. The predicted octanol–water partition coefficient (Wildman–Crippen LogP) is 17.6. The second-order valence-electron chi connectivity index (χ2n) is 31.8. The average molecular weight is 1220 g/mol. The van der Waals surface area contributed by atoms with Crippen LogP contribution >= 0.6 is 15.9 Å². The van der Waals surface area contributed by atoms with Crippen LogP contribution in [0.3, 0.4) is 0 Å². The molecule has 1 amide bonds. The van der Waals surface area contributed by atoms with Gasteiger partial charge in [0.25, 0.3) is 5.91 Å². The van der Waals surface area contributed by atoms with Gasteiger partial charge in [0.2, 0.25) is 17.0 Å². The second-order valence-corrected chi connectivity index (χ2v) is 32.7. The molecule has 1 aliphatic heterocycles. The number of Topliss-reactive ketones (excluding diaryl/α,β-unsaturated/α-hetero) is 1. The molecule has 0 saturated heterocycles. The van der Waals surface area contributed by atoms with Gasteiger partial charge in [-0.1, -0.05) is 15.9 Å². The highest BCUT2D eigenvalue weighted by atomic mass is 79.9. The first kappa shape index (κ1) is 42.9. The van der Waals surface area contributed by atoms with Crippen LogP contribution in [0, 0.1) is 0 Å². The van der Waals surface area contributed by atoms with Crippen LogP contribution in [-0.4, -0.2) is 28.5 Å². The summed E-state index contributed by atoms with van der Waals surface area (Å²) in [4.78, 5) is 98.5. The Hall–Kier alpha value is -8.95. The summed E-state index contributed by atoms with van der Waals surface area (Å²) in [6.45, 7) is 17.5. The number of rotatable bonds is 8. The topological polar surface area (TPSA) is 128 Å². The van der Waals surface area contributed by atoms with Gasteiger partial charge >= 0.3 is 0 Å². The van der Waals surface area contributed by atoms with Crippen molar-refractivity contribution in [3.63, 3.8) is 0 Å². The highest BCUT2D eigenvalue weighted by Gasteiger charge is 2.72. The lowest BCUT2D eigenvalue weighted by molar-refractivity contribution is -0.403. The third-order valence-electron chi connectivity index (χ3n) is 25.0. The van der Waals surface area contributed by atoms with Crippen molar-refractivity contribution in [1.82, 2.24) is 0 Å². The van der Waals surface area contributed by atoms with E-state index in [4.69, 9.17) is 34.1 Å². The molecule has 0 radical (unpaired) electrons. The molecular formula is C78H32BrNO10. The van der Waals surface area contributed by atoms with Crippen LogP contribution in [-0.2, 0) is 60.5 Å². The van der Waals surface area contributed by atoms with Crippen LogP contribution < -0.4 is 16.0 Å². The van der Waals surface area contributed by atoms with E-state index < -0.39 is 45.3 Å². The third-order valence-corrected chi connectivity index (χ3v) is 25.5. The van der Waals surface area contributed by atoms with E-state index >= 15 is 14.4 Å². The summed E-state index contributed by atoms with van der Waals surface area (Å²) in [5.74, 6) is -1.15. The average Bonchev–Trinajstić information content (AvgIpc) is 1.40. The molecule has 1 N–H and O–H groups in total. The van der Waals surface area contributed by atoms with Crippen molar-refractivity contribution in [1.29, 1.82) is 0 Å². The SMILES string of the molecule is CC(C)(C)OO[C@]12C3=C(C(=O)Nc4ccc(Br)cc4)[C@]4(OOC(C)(C)C)c5c1c1c6c2c2c7c8c9c%10c%11c(c%12c(=O)c%13c4c4c5c5c1c1c%14c6c6c2c8c2c%10c8c%10c%11c%11c%12c%13c%12c4c4c5c1c1c5c4c%12c%11c%10c5c4c8c2c6c%14c14)[C@@]9(OOC(C)(C)C)C(=O)C=7O3. The Morgan fingerprint density at radius 2 is 0.644 bits per heavy atom. The number of nitrogens with one attached hydrogen (secondary N) is 1. The fourth-order valence-electron chi connectivity index (χ4n) is 23.7. The quantitative estimate of drug-likeness (QED) is 0.0892. The van der Waals surface area contributed by atoms with Gasteiger partial charge in [0, 0.05) is 103 Å². The molecule has 90 heavy (non-hydrogen) atoms. The fraction of sp³-hybridized carbons (Fsp3) is 0.192. The number of halogens is 1. The molecule has 416 valence electrons. The van der Waals surface area contributed by atoms with Crippen molar-refractivity contribution in [2.45, 2.75) is 95.9 Å². The van der Waals surface area contributed by atoms with E-state index in [-0.39, 0.29) is 22.5 Å². The van der Waals surface area contributed by atoms with E-state index in [1.54, 1.807) is 0 Å². The normalized spacial score (nSPS) is 22.4. The highest BCUT2D eigenvalue weighted by molar-refractivity contribution is 9.10. The van der Waals surface area contributed by atoms with Crippen molar-refractivity contribution in [2.24, 2.45) is 0 Å². The van der Waals surface area contributed by atoms with Crippen molar-refractivity contribution >= 4 is 276 Å². The summed E-state index contributed by atoms with van der Waals surface area (Å²) in [6, 6.07) is 7.49. The highest BCUT2D eigenvalue weighted by Crippen LogP contribution is 2.81. The Morgan fingerprint density at radius 1 is 0.367 bits per heavy atom. The molecule has 6 aliphatic rings. The van der Waals surface area contributed by atoms with Crippen LogP contribution in [0.1, 0.15) is 95.7 Å². The largest absolute Gasteiger partial charge is 0.452 e. The van der Waals surface area contributed by atoms with Gasteiger partial charge < -0.3 is 10.1 Å². The van der Waals surface area contributed by atoms with E-state index in [1.807, 2.05) is 86.6 Å². The van der Waals surface area contributed by atoms with Crippen LogP contribution in [0.4, 0.5) is 5.69 Å². The maximum atomic E-state index is 18.3. The number of carbonyl (C=O) groups is 2. The fourth-order valence-corrected chi connectivity index (χ4v) is 24.0. The minimum Gasteiger partial charge on any atom is -0.452 e.